The number of nitrogens with zero attached hydrogens (tertiary/aromatic N) is 2. The first-order chi connectivity index (χ1) is 14.2. The van der Waals surface area contributed by atoms with E-state index >= 15 is 0 Å². The molecule has 1 atom stereocenters. The van der Waals surface area contributed by atoms with Crippen LogP contribution in [0.25, 0.3) is 10.8 Å². The highest BCUT2D eigenvalue weighted by Gasteiger charge is 2.28. The van der Waals surface area contributed by atoms with Crippen LogP contribution in [0.3, 0.4) is 0 Å². The van der Waals surface area contributed by atoms with Gasteiger partial charge in [0.05, 0.1) is 20.3 Å². The zero-order chi connectivity index (χ0) is 19.8. The molecule has 5 rings (SSSR count). The van der Waals surface area contributed by atoms with Gasteiger partial charge in [-0.3, -0.25) is 0 Å². The van der Waals surface area contributed by atoms with Crippen molar-refractivity contribution in [3.05, 3.63) is 71.3 Å². The third-order valence-electron chi connectivity index (χ3n) is 6.29. The van der Waals surface area contributed by atoms with Gasteiger partial charge in [-0.25, -0.2) is 0 Å². The van der Waals surface area contributed by atoms with Crippen molar-refractivity contribution in [3.63, 3.8) is 0 Å². The molecule has 29 heavy (non-hydrogen) atoms. The summed E-state index contributed by atoms with van der Waals surface area (Å²) in [6.07, 6.45) is 0. The molecule has 0 aliphatic carbocycles. The summed E-state index contributed by atoms with van der Waals surface area (Å²) in [5.41, 5.74) is 5.43. The summed E-state index contributed by atoms with van der Waals surface area (Å²) in [4.78, 5) is 4.86. The first-order valence-electron chi connectivity index (χ1n) is 10.4. The highest BCUT2D eigenvalue weighted by atomic mass is 16.5. The second kappa shape index (κ2) is 7.69. The van der Waals surface area contributed by atoms with Crippen molar-refractivity contribution >= 4 is 16.5 Å². The van der Waals surface area contributed by atoms with Crippen LogP contribution in [0.1, 0.15) is 22.6 Å². The van der Waals surface area contributed by atoms with Crippen LogP contribution in [0.4, 0.5) is 5.69 Å². The molecule has 4 heteroatoms. The first kappa shape index (κ1) is 18.5. The average molecular weight is 389 g/mol. The number of morpholine rings is 1. The van der Waals surface area contributed by atoms with Crippen LogP contribution in [0, 0.1) is 0 Å². The number of benzene rings is 3. The third-order valence-corrected chi connectivity index (χ3v) is 6.29. The van der Waals surface area contributed by atoms with Crippen LogP contribution in [-0.2, 0) is 11.3 Å². The number of hydrogen-bond acceptors (Lipinski definition) is 4. The first-order valence-corrected chi connectivity index (χ1v) is 10.4. The van der Waals surface area contributed by atoms with Crippen molar-refractivity contribution in [1.29, 1.82) is 0 Å². The molecule has 3 aromatic rings. The van der Waals surface area contributed by atoms with Crippen LogP contribution in [0.5, 0.6) is 5.75 Å². The average Bonchev–Trinajstić information content (AvgIpc) is 2.77. The lowest BCUT2D eigenvalue weighted by Gasteiger charge is -2.35. The molecule has 1 fully saturated rings. The van der Waals surface area contributed by atoms with Gasteiger partial charge in [-0.05, 0) is 53.2 Å². The summed E-state index contributed by atoms with van der Waals surface area (Å²) in [7, 11) is 3.99. The molecular formula is C25H28N2O2. The van der Waals surface area contributed by atoms with E-state index in [1.807, 2.05) is 0 Å². The highest BCUT2D eigenvalue weighted by molar-refractivity contribution is 5.85. The van der Waals surface area contributed by atoms with Crippen LogP contribution in [0.2, 0.25) is 0 Å². The van der Waals surface area contributed by atoms with Gasteiger partial charge in [0.15, 0.2) is 0 Å². The number of likely N-dealkylation sites (N-methyl/N-ethyl adjacent to an activating group) is 1. The van der Waals surface area contributed by atoms with E-state index in [1.54, 1.807) is 7.11 Å². The Morgan fingerprint density at radius 2 is 1.69 bits per heavy atom. The molecule has 4 nitrogen and oxygen atoms in total. The number of fused-ring (bicyclic) bond motifs is 2. The van der Waals surface area contributed by atoms with E-state index in [4.69, 9.17) is 9.47 Å². The van der Waals surface area contributed by atoms with Gasteiger partial charge in [0.25, 0.3) is 0 Å². The van der Waals surface area contributed by atoms with Crippen molar-refractivity contribution < 1.29 is 9.47 Å². The topological polar surface area (TPSA) is 24.9 Å². The predicted octanol–water partition coefficient (Wildman–Crippen LogP) is 4.26. The van der Waals surface area contributed by atoms with Crippen molar-refractivity contribution in [1.82, 2.24) is 4.90 Å². The van der Waals surface area contributed by atoms with Gasteiger partial charge < -0.3 is 19.3 Å². The fraction of sp³-hybridized carbons (Fsp3) is 0.360. The molecule has 2 heterocycles. The quantitative estimate of drug-likeness (QED) is 0.669. The molecule has 150 valence electrons. The lowest BCUT2D eigenvalue weighted by molar-refractivity contribution is 0.122. The summed E-state index contributed by atoms with van der Waals surface area (Å²) < 4.78 is 11.4. The van der Waals surface area contributed by atoms with Crippen molar-refractivity contribution in [2.75, 3.05) is 51.9 Å². The largest absolute Gasteiger partial charge is 0.496 e. The maximum atomic E-state index is 5.84. The molecule has 3 aromatic carbocycles. The number of ether oxygens (including phenoxy) is 2. The van der Waals surface area contributed by atoms with E-state index < -0.39 is 0 Å². The van der Waals surface area contributed by atoms with Crippen LogP contribution in [0.15, 0.2) is 54.6 Å². The zero-order valence-electron chi connectivity index (χ0n) is 17.2. The zero-order valence-corrected chi connectivity index (χ0v) is 17.2. The highest BCUT2D eigenvalue weighted by Crippen LogP contribution is 2.40. The Labute approximate surface area is 172 Å². The molecule has 0 aromatic heterocycles. The van der Waals surface area contributed by atoms with Crippen LogP contribution >= 0.6 is 0 Å². The monoisotopic (exact) mass is 388 g/mol. The van der Waals surface area contributed by atoms with Gasteiger partial charge in [0.1, 0.15) is 5.75 Å². The number of rotatable bonds is 3. The Bertz CT molecular complexity index is 1030. The molecule has 2 aliphatic heterocycles. The molecule has 0 spiro atoms. The summed E-state index contributed by atoms with van der Waals surface area (Å²) in [5, 5.41) is 2.49. The summed E-state index contributed by atoms with van der Waals surface area (Å²) in [6.45, 7) is 5.55. The maximum absolute atomic E-state index is 5.84. The fourth-order valence-electron chi connectivity index (χ4n) is 4.80. The van der Waals surface area contributed by atoms with Gasteiger partial charge in [-0.2, -0.15) is 0 Å². The van der Waals surface area contributed by atoms with Gasteiger partial charge >= 0.3 is 0 Å². The fourth-order valence-corrected chi connectivity index (χ4v) is 4.80. The van der Waals surface area contributed by atoms with Crippen molar-refractivity contribution in [3.8, 4) is 5.75 Å². The number of anilines is 1. The van der Waals surface area contributed by atoms with E-state index in [1.165, 1.54) is 33.2 Å². The lowest BCUT2D eigenvalue weighted by atomic mass is 9.83. The minimum absolute atomic E-state index is 0.307. The molecule has 1 unspecified atom stereocenters. The van der Waals surface area contributed by atoms with Gasteiger partial charge in [0.2, 0.25) is 0 Å². The Balaban J connectivity index is 1.58. The second-order valence-corrected chi connectivity index (χ2v) is 8.17. The Kier molecular flexibility index (Phi) is 4.90. The predicted molar refractivity (Wildman–Crippen MR) is 118 cm³/mol. The molecule has 2 aliphatic rings. The second-order valence-electron chi connectivity index (χ2n) is 8.17. The minimum atomic E-state index is 0.307. The van der Waals surface area contributed by atoms with Gasteiger partial charge in [-0.15, -0.1) is 0 Å². The summed E-state index contributed by atoms with van der Waals surface area (Å²) in [5.74, 6) is 1.29. The standard InChI is InChI=1S/C25H28N2O2/c1-26-16-20-13-21(27-9-11-29-12-10-27)7-8-22(20)24(17-26)23-14-18-5-3-4-6-19(18)15-25(23)28-2/h3-8,13-15,24H,9-12,16-17H2,1-2H3. The molecule has 0 N–H and O–H groups in total. The lowest BCUT2D eigenvalue weighted by Crippen LogP contribution is -2.37. The van der Waals surface area contributed by atoms with Crippen LogP contribution in [-0.4, -0.2) is 51.9 Å². The van der Waals surface area contributed by atoms with Crippen molar-refractivity contribution in [2.24, 2.45) is 0 Å². The van der Waals surface area contributed by atoms with E-state index in [-0.39, 0.29) is 0 Å². The van der Waals surface area contributed by atoms with Crippen molar-refractivity contribution in [2.45, 2.75) is 12.5 Å². The number of hydrogen-bond donors (Lipinski definition) is 0. The van der Waals surface area contributed by atoms with E-state index in [0.29, 0.717) is 5.92 Å². The molecule has 1 saturated heterocycles. The Morgan fingerprint density at radius 3 is 2.45 bits per heavy atom. The molecule has 0 radical (unpaired) electrons. The minimum Gasteiger partial charge on any atom is -0.496 e. The molecule has 0 amide bonds. The van der Waals surface area contributed by atoms with E-state index in [0.717, 1.165) is 45.1 Å². The van der Waals surface area contributed by atoms with Gasteiger partial charge in [-0.1, -0.05) is 30.3 Å². The smallest absolute Gasteiger partial charge is 0.123 e. The Hall–Kier alpha value is -2.56. The molecule has 0 saturated carbocycles. The third kappa shape index (κ3) is 3.47. The normalized spacial score (nSPS) is 19.9. The number of methoxy groups -OCH3 is 1. The molecular weight excluding hydrogens is 360 g/mol. The molecule has 0 bridgehead atoms. The van der Waals surface area contributed by atoms with E-state index in [2.05, 4.69) is 71.4 Å². The Morgan fingerprint density at radius 1 is 0.931 bits per heavy atom. The summed E-state index contributed by atoms with van der Waals surface area (Å²) >= 11 is 0. The maximum Gasteiger partial charge on any atom is 0.123 e. The van der Waals surface area contributed by atoms with E-state index in [9.17, 15) is 0 Å². The van der Waals surface area contributed by atoms with Crippen LogP contribution < -0.4 is 9.64 Å². The summed E-state index contributed by atoms with van der Waals surface area (Å²) in [6, 6.07) is 20.0. The SMILES string of the molecule is COc1cc2ccccc2cc1C1CN(C)Cc2cc(N3CCOCC3)ccc21. The van der Waals surface area contributed by atoms with Gasteiger partial charge in [0, 0.05) is 43.3 Å².